The molecule has 2 saturated heterocycles. The standard InChI is InChI=1S/C18H19N3O2S.C2HF3O2/c1-13-5-6-14(9-20-13)17(22)21-11-18(12-21)8-15(10-24-18)23-16-4-2-3-7-19-16;3-2(4,5)1(6)7/h2-7,9,15H,8,10-12H2,1H3;(H,6,7). The average molecular weight is 455 g/mol. The number of carbonyl (C=O) groups excluding carboxylic acids is 1. The van der Waals surface area contributed by atoms with Gasteiger partial charge in [-0.2, -0.15) is 13.2 Å². The van der Waals surface area contributed by atoms with Crippen LogP contribution in [0.2, 0.25) is 0 Å². The Labute approximate surface area is 180 Å². The normalized spacial score (nSPS) is 19.2. The van der Waals surface area contributed by atoms with Crippen molar-refractivity contribution >= 4 is 23.6 Å². The molecule has 0 saturated carbocycles. The average Bonchev–Trinajstić information content (AvgIpc) is 3.12. The van der Waals surface area contributed by atoms with E-state index in [0.717, 1.165) is 31.0 Å². The lowest BCUT2D eigenvalue weighted by molar-refractivity contribution is -0.192. The minimum atomic E-state index is -5.08. The molecular weight excluding hydrogens is 435 g/mol. The first-order chi connectivity index (χ1) is 14.6. The molecule has 1 amide bonds. The molecule has 0 bridgehead atoms. The van der Waals surface area contributed by atoms with Crippen LogP contribution in [-0.4, -0.2) is 67.7 Å². The van der Waals surface area contributed by atoms with E-state index in [2.05, 4.69) is 9.97 Å². The number of carbonyl (C=O) groups is 2. The number of aliphatic carboxylic acids is 1. The third kappa shape index (κ3) is 5.87. The van der Waals surface area contributed by atoms with Crippen molar-refractivity contribution in [1.29, 1.82) is 0 Å². The lowest BCUT2D eigenvalue weighted by Gasteiger charge is -2.47. The van der Waals surface area contributed by atoms with E-state index in [-0.39, 0.29) is 16.8 Å². The molecule has 7 nitrogen and oxygen atoms in total. The lowest BCUT2D eigenvalue weighted by Crippen LogP contribution is -2.60. The Morgan fingerprint density at radius 1 is 1.23 bits per heavy atom. The molecule has 0 aliphatic carbocycles. The Hall–Kier alpha value is -2.82. The molecule has 4 rings (SSSR count). The maximum absolute atomic E-state index is 12.5. The number of ether oxygens (including phenoxy) is 1. The summed E-state index contributed by atoms with van der Waals surface area (Å²) in [6.07, 6.45) is -0.545. The molecule has 4 heterocycles. The van der Waals surface area contributed by atoms with Crippen molar-refractivity contribution in [3.8, 4) is 5.88 Å². The summed E-state index contributed by atoms with van der Waals surface area (Å²) in [4.78, 5) is 31.7. The minimum Gasteiger partial charge on any atom is -0.475 e. The number of rotatable bonds is 3. The Bertz CT molecular complexity index is 920. The molecule has 0 aromatic carbocycles. The van der Waals surface area contributed by atoms with Gasteiger partial charge in [-0.15, -0.1) is 11.8 Å². The summed E-state index contributed by atoms with van der Waals surface area (Å²) in [6, 6.07) is 9.43. The van der Waals surface area contributed by atoms with Crippen molar-refractivity contribution in [3.63, 3.8) is 0 Å². The first-order valence-corrected chi connectivity index (χ1v) is 10.3. The van der Waals surface area contributed by atoms with Gasteiger partial charge in [0, 0.05) is 49.4 Å². The van der Waals surface area contributed by atoms with Crippen LogP contribution in [0.4, 0.5) is 13.2 Å². The number of thioether (sulfide) groups is 1. The third-order valence-corrected chi connectivity index (χ3v) is 6.32. The predicted molar refractivity (Wildman–Crippen MR) is 107 cm³/mol. The van der Waals surface area contributed by atoms with E-state index in [4.69, 9.17) is 14.6 Å². The molecule has 1 unspecified atom stereocenters. The molecule has 1 N–H and O–H groups in total. The van der Waals surface area contributed by atoms with Gasteiger partial charge in [0.15, 0.2) is 0 Å². The van der Waals surface area contributed by atoms with Crippen molar-refractivity contribution < 1.29 is 32.6 Å². The molecule has 2 aromatic rings. The number of amides is 1. The van der Waals surface area contributed by atoms with Crippen LogP contribution < -0.4 is 4.74 Å². The van der Waals surface area contributed by atoms with Crippen LogP contribution in [0.5, 0.6) is 5.88 Å². The van der Waals surface area contributed by atoms with Gasteiger partial charge < -0.3 is 14.7 Å². The van der Waals surface area contributed by atoms with Gasteiger partial charge in [0.2, 0.25) is 5.88 Å². The highest BCUT2D eigenvalue weighted by molar-refractivity contribution is 8.01. The third-order valence-electron chi connectivity index (χ3n) is 4.75. The molecule has 31 heavy (non-hydrogen) atoms. The number of alkyl halides is 3. The summed E-state index contributed by atoms with van der Waals surface area (Å²) in [6.45, 7) is 3.49. The van der Waals surface area contributed by atoms with Gasteiger partial charge >= 0.3 is 12.1 Å². The minimum absolute atomic E-state index is 0.0721. The van der Waals surface area contributed by atoms with E-state index in [1.165, 1.54) is 0 Å². The number of hydrogen-bond acceptors (Lipinski definition) is 6. The summed E-state index contributed by atoms with van der Waals surface area (Å²) >= 11 is 1.92. The lowest BCUT2D eigenvalue weighted by atomic mass is 9.92. The number of carboxylic acid groups (broad SMARTS) is 1. The van der Waals surface area contributed by atoms with Crippen LogP contribution in [0.1, 0.15) is 22.5 Å². The fraction of sp³-hybridized carbons (Fsp3) is 0.400. The smallest absolute Gasteiger partial charge is 0.475 e. The molecule has 2 aliphatic rings. The Morgan fingerprint density at radius 3 is 2.48 bits per heavy atom. The number of carboxylic acids is 1. The van der Waals surface area contributed by atoms with E-state index < -0.39 is 12.1 Å². The quantitative estimate of drug-likeness (QED) is 0.760. The topological polar surface area (TPSA) is 92.6 Å². The number of hydrogen-bond donors (Lipinski definition) is 1. The molecule has 166 valence electrons. The second-order valence-electron chi connectivity index (χ2n) is 7.26. The molecule has 0 radical (unpaired) electrons. The van der Waals surface area contributed by atoms with E-state index >= 15 is 0 Å². The van der Waals surface area contributed by atoms with Crippen LogP contribution in [0, 0.1) is 6.92 Å². The Balaban J connectivity index is 0.000000339. The van der Waals surface area contributed by atoms with Gasteiger partial charge in [-0.3, -0.25) is 9.78 Å². The zero-order valence-electron chi connectivity index (χ0n) is 16.5. The van der Waals surface area contributed by atoms with Crippen molar-refractivity contribution in [2.24, 2.45) is 0 Å². The molecule has 2 aliphatic heterocycles. The Kier molecular flexibility index (Phi) is 6.73. The van der Waals surface area contributed by atoms with Gasteiger partial charge in [-0.05, 0) is 25.1 Å². The van der Waals surface area contributed by atoms with Gasteiger partial charge in [0.1, 0.15) is 6.10 Å². The zero-order chi connectivity index (χ0) is 22.6. The highest BCUT2D eigenvalue weighted by Gasteiger charge is 2.51. The van der Waals surface area contributed by atoms with Crippen molar-refractivity contribution in [3.05, 3.63) is 54.0 Å². The molecular formula is C20H20F3N3O4S. The first-order valence-electron chi connectivity index (χ1n) is 9.32. The van der Waals surface area contributed by atoms with Crippen LogP contribution in [0.15, 0.2) is 42.7 Å². The maximum atomic E-state index is 12.5. The predicted octanol–water partition coefficient (Wildman–Crippen LogP) is 3.20. The van der Waals surface area contributed by atoms with Gasteiger partial charge in [-0.1, -0.05) is 6.07 Å². The zero-order valence-corrected chi connectivity index (χ0v) is 17.3. The van der Waals surface area contributed by atoms with Crippen LogP contribution >= 0.6 is 11.8 Å². The first kappa shape index (κ1) is 22.9. The largest absolute Gasteiger partial charge is 0.490 e. The van der Waals surface area contributed by atoms with Crippen LogP contribution in [-0.2, 0) is 4.79 Å². The van der Waals surface area contributed by atoms with E-state index in [1.807, 2.05) is 53.9 Å². The number of nitrogens with zero attached hydrogens (tertiary/aromatic N) is 3. The number of aryl methyl sites for hydroxylation is 1. The summed E-state index contributed by atoms with van der Waals surface area (Å²) < 4.78 is 37.8. The van der Waals surface area contributed by atoms with Crippen molar-refractivity contribution in [2.45, 2.75) is 30.4 Å². The van der Waals surface area contributed by atoms with Crippen LogP contribution in [0.3, 0.4) is 0 Å². The molecule has 2 fully saturated rings. The number of likely N-dealkylation sites (tertiary alicyclic amines) is 1. The monoisotopic (exact) mass is 455 g/mol. The fourth-order valence-corrected chi connectivity index (χ4v) is 4.78. The summed E-state index contributed by atoms with van der Waals surface area (Å²) in [5, 5.41) is 7.12. The molecule has 11 heteroatoms. The summed E-state index contributed by atoms with van der Waals surface area (Å²) in [7, 11) is 0. The molecule has 2 aromatic heterocycles. The molecule has 1 spiro atoms. The van der Waals surface area contributed by atoms with Gasteiger partial charge in [-0.25, -0.2) is 9.78 Å². The number of pyridine rings is 2. The van der Waals surface area contributed by atoms with Gasteiger partial charge in [0.05, 0.1) is 10.3 Å². The van der Waals surface area contributed by atoms with Crippen molar-refractivity contribution in [1.82, 2.24) is 14.9 Å². The summed E-state index contributed by atoms with van der Waals surface area (Å²) in [5.41, 5.74) is 1.59. The van der Waals surface area contributed by atoms with Crippen molar-refractivity contribution in [2.75, 3.05) is 18.8 Å². The fourth-order valence-electron chi connectivity index (χ4n) is 3.26. The highest BCUT2D eigenvalue weighted by Crippen LogP contribution is 2.46. The number of halogens is 3. The van der Waals surface area contributed by atoms with Gasteiger partial charge in [0.25, 0.3) is 5.91 Å². The van der Waals surface area contributed by atoms with Crippen LogP contribution in [0.25, 0.3) is 0 Å². The highest BCUT2D eigenvalue weighted by atomic mass is 32.2. The van der Waals surface area contributed by atoms with E-state index in [1.54, 1.807) is 12.4 Å². The summed E-state index contributed by atoms with van der Waals surface area (Å²) in [5.74, 6) is -1.06. The number of aromatic nitrogens is 2. The second-order valence-corrected chi connectivity index (χ2v) is 8.75. The maximum Gasteiger partial charge on any atom is 0.490 e. The Morgan fingerprint density at radius 2 is 1.94 bits per heavy atom. The van der Waals surface area contributed by atoms with E-state index in [0.29, 0.717) is 11.4 Å². The van der Waals surface area contributed by atoms with E-state index in [9.17, 15) is 18.0 Å². The SMILES string of the molecule is Cc1ccc(C(=O)N2CC3(CC(Oc4ccccn4)CS3)C2)cn1.O=C(O)C(F)(F)F. The second kappa shape index (κ2) is 9.13. The molecule has 1 atom stereocenters.